The number of esters is 1. The van der Waals surface area contributed by atoms with E-state index in [2.05, 4.69) is 29.5 Å². The van der Waals surface area contributed by atoms with E-state index in [4.69, 9.17) is 4.74 Å². The molecule has 0 fully saturated rings. The number of pyridine rings is 1. The Morgan fingerprint density at radius 1 is 1.18 bits per heavy atom. The van der Waals surface area contributed by atoms with Crippen molar-refractivity contribution in [3.8, 4) is 0 Å². The number of anilines is 1. The fourth-order valence-corrected chi connectivity index (χ4v) is 3.50. The second-order valence-corrected chi connectivity index (χ2v) is 7.57. The smallest absolute Gasteiger partial charge is 0.332 e. The molecule has 0 unspecified atom stereocenters. The quantitative estimate of drug-likeness (QED) is 0.721. The van der Waals surface area contributed by atoms with Gasteiger partial charge in [-0.3, -0.25) is 9.78 Å². The predicted molar refractivity (Wildman–Crippen MR) is 108 cm³/mol. The second kappa shape index (κ2) is 8.42. The minimum Gasteiger partial charge on any atom is -0.464 e. The van der Waals surface area contributed by atoms with Gasteiger partial charge in [0.05, 0.1) is 24.1 Å². The molecule has 2 N–H and O–H groups in total. The Kier molecular flexibility index (Phi) is 5.97. The maximum Gasteiger partial charge on any atom is 0.332 e. The summed E-state index contributed by atoms with van der Waals surface area (Å²) in [6.07, 6.45) is 4.06. The number of carbonyl (C=O) groups is 2. The summed E-state index contributed by atoms with van der Waals surface area (Å²) < 4.78 is 5.32. The molecule has 0 atom stereocenters. The molecule has 28 heavy (non-hydrogen) atoms. The maximum atomic E-state index is 13.1. The van der Waals surface area contributed by atoms with Gasteiger partial charge >= 0.3 is 5.97 Å². The highest BCUT2D eigenvalue weighted by molar-refractivity contribution is 6.02. The van der Waals surface area contributed by atoms with E-state index < -0.39 is 11.5 Å². The summed E-state index contributed by atoms with van der Waals surface area (Å²) in [6.45, 7) is 6.94. The van der Waals surface area contributed by atoms with Gasteiger partial charge in [-0.2, -0.15) is 0 Å². The van der Waals surface area contributed by atoms with Crippen LogP contribution in [-0.2, 0) is 22.4 Å². The van der Waals surface area contributed by atoms with Crippen LogP contribution < -0.4 is 10.6 Å². The third kappa shape index (κ3) is 4.16. The molecule has 1 aliphatic carbocycles. The molecule has 2 aromatic rings. The van der Waals surface area contributed by atoms with Crippen LogP contribution >= 0.6 is 0 Å². The first-order valence-electron chi connectivity index (χ1n) is 9.69. The lowest BCUT2D eigenvalue weighted by molar-refractivity contribution is -0.150. The molecular formula is C22H27N3O3. The molecular weight excluding hydrogens is 354 g/mol. The summed E-state index contributed by atoms with van der Waals surface area (Å²) in [4.78, 5) is 30.1. The standard InChI is InChI=1S/C22H27N3O3/c1-4-28-21(27)22(11-16-7-5-6-8-17(16)12-22)25-20(26)18-9-10-23-14-19(18)24-13-15(2)3/h5-10,14-15,24H,4,11-13H2,1-3H3,(H,25,26). The molecule has 6 heteroatoms. The van der Waals surface area contributed by atoms with Crippen LogP contribution in [0.15, 0.2) is 42.7 Å². The van der Waals surface area contributed by atoms with Crippen molar-refractivity contribution in [2.24, 2.45) is 5.92 Å². The molecule has 0 saturated carbocycles. The van der Waals surface area contributed by atoms with Crippen molar-refractivity contribution in [1.29, 1.82) is 0 Å². The summed E-state index contributed by atoms with van der Waals surface area (Å²) in [7, 11) is 0. The van der Waals surface area contributed by atoms with Gasteiger partial charge in [0.1, 0.15) is 5.54 Å². The van der Waals surface area contributed by atoms with Gasteiger partial charge in [-0.25, -0.2) is 4.79 Å². The summed E-state index contributed by atoms with van der Waals surface area (Å²) >= 11 is 0. The van der Waals surface area contributed by atoms with E-state index in [-0.39, 0.29) is 12.5 Å². The van der Waals surface area contributed by atoms with Crippen molar-refractivity contribution in [2.45, 2.75) is 39.2 Å². The van der Waals surface area contributed by atoms with E-state index >= 15 is 0 Å². The van der Waals surface area contributed by atoms with Crippen LogP contribution in [0, 0.1) is 5.92 Å². The number of hydrogen-bond donors (Lipinski definition) is 2. The topological polar surface area (TPSA) is 80.3 Å². The Labute approximate surface area is 165 Å². The lowest BCUT2D eigenvalue weighted by Crippen LogP contribution is -2.56. The molecule has 0 aliphatic heterocycles. The third-order valence-electron chi connectivity index (χ3n) is 4.89. The van der Waals surface area contributed by atoms with Gasteiger partial charge in [-0.15, -0.1) is 0 Å². The van der Waals surface area contributed by atoms with Crippen LogP contribution in [0.3, 0.4) is 0 Å². The summed E-state index contributed by atoms with van der Waals surface area (Å²) in [5.74, 6) is -0.286. The lowest BCUT2D eigenvalue weighted by atomic mass is 9.95. The first kappa shape index (κ1) is 19.9. The number of carbonyl (C=O) groups excluding carboxylic acids is 2. The highest BCUT2D eigenvalue weighted by Crippen LogP contribution is 2.32. The van der Waals surface area contributed by atoms with Gasteiger partial charge in [0, 0.05) is 25.6 Å². The van der Waals surface area contributed by atoms with E-state index in [1.807, 2.05) is 24.3 Å². The molecule has 0 bridgehead atoms. The number of amides is 1. The highest BCUT2D eigenvalue weighted by Gasteiger charge is 2.46. The van der Waals surface area contributed by atoms with Crippen molar-refractivity contribution < 1.29 is 14.3 Å². The van der Waals surface area contributed by atoms with Crippen molar-refractivity contribution in [3.05, 3.63) is 59.4 Å². The molecule has 1 aromatic heterocycles. The fraction of sp³-hybridized carbons (Fsp3) is 0.409. The van der Waals surface area contributed by atoms with Crippen molar-refractivity contribution in [1.82, 2.24) is 10.3 Å². The van der Waals surface area contributed by atoms with Crippen LogP contribution in [-0.4, -0.2) is 35.6 Å². The minimum atomic E-state index is -1.09. The van der Waals surface area contributed by atoms with E-state index in [9.17, 15) is 9.59 Å². The minimum absolute atomic E-state index is 0.267. The molecule has 6 nitrogen and oxygen atoms in total. The second-order valence-electron chi connectivity index (χ2n) is 7.57. The third-order valence-corrected chi connectivity index (χ3v) is 4.89. The zero-order valence-corrected chi connectivity index (χ0v) is 16.6. The Bertz CT molecular complexity index is 839. The first-order chi connectivity index (χ1) is 13.4. The number of nitrogens with zero attached hydrogens (tertiary/aromatic N) is 1. The largest absolute Gasteiger partial charge is 0.464 e. The van der Waals surface area contributed by atoms with Gasteiger partial charge in [0.15, 0.2) is 0 Å². The van der Waals surface area contributed by atoms with Gasteiger partial charge in [0.2, 0.25) is 0 Å². The number of fused-ring (bicyclic) bond motifs is 1. The maximum absolute atomic E-state index is 13.1. The van der Waals surface area contributed by atoms with Crippen LogP contribution in [0.2, 0.25) is 0 Å². The number of benzene rings is 1. The molecule has 148 valence electrons. The predicted octanol–water partition coefficient (Wildman–Crippen LogP) is 2.98. The average molecular weight is 381 g/mol. The lowest BCUT2D eigenvalue weighted by Gasteiger charge is -2.28. The number of ether oxygens (including phenoxy) is 1. The number of aromatic nitrogens is 1. The van der Waals surface area contributed by atoms with E-state index in [0.717, 1.165) is 17.7 Å². The summed E-state index contributed by atoms with van der Waals surface area (Å²) in [6, 6.07) is 9.53. The van der Waals surface area contributed by atoms with Crippen molar-refractivity contribution in [2.75, 3.05) is 18.5 Å². The van der Waals surface area contributed by atoms with E-state index in [1.165, 1.54) is 0 Å². The molecule has 1 heterocycles. The Balaban J connectivity index is 1.87. The number of rotatable bonds is 7. The Morgan fingerprint density at radius 3 is 2.46 bits per heavy atom. The zero-order chi connectivity index (χ0) is 20.1. The Morgan fingerprint density at radius 2 is 1.86 bits per heavy atom. The molecule has 3 rings (SSSR count). The van der Waals surface area contributed by atoms with Gasteiger partial charge in [-0.1, -0.05) is 38.1 Å². The summed E-state index contributed by atoms with van der Waals surface area (Å²) in [5, 5.41) is 6.25. The summed E-state index contributed by atoms with van der Waals surface area (Å²) in [5.41, 5.74) is 2.15. The average Bonchev–Trinajstić information content (AvgIpc) is 3.06. The van der Waals surface area contributed by atoms with Crippen LogP contribution in [0.5, 0.6) is 0 Å². The van der Waals surface area contributed by atoms with Crippen LogP contribution in [0.25, 0.3) is 0 Å². The van der Waals surface area contributed by atoms with Gasteiger partial charge in [-0.05, 0) is 30.0 Å². The normalized spacial score (nSPS) is 14.4. The number of nitrogens with one attached hydrogen (secondary N) is 2. The van der Waals surface area contributed by atoms with Crippen LogP contribution in [0.4, 0.5) is 5.69 Å². The first-order valence-corrected chi connectivity index (χ1v) is 9.69. The molecule has 1 aliphatic rings. The van der Waals surface area contributed by atoms with Crippen molar-refractivity contribution in [3.63, 3.8) is 0 Å². The van der Waals surface area contributed by atoms with Crippen LogP contribution in [0.1, 0.15) is 42.3 Å². The van der Waals surface area contributed by atoms with E-state index in [0.29, 0.717) is 30.0 Å². The highest BCUT2D eigenvalue weighted by atomic mass is 16.5. The van der Waals surface area contributed by atoms with Crippen molar-refractivity contribution >= 4 is 17.6 Å². The molecule has 0 spiro atoms. The zero-order valence-electron chi connectivity index (χ0n) is 16.6. The number of hydrogen-bond acceptors (Lipinski definition) is 5. The molecule has 1 aromatic carbocycles. The molecule has 0 radical (unpaired) electrons. The fourth-order valence-electron chi connectivity index (χ4n) is 3.50. The van der Waals surface area contributed by atoms with E-state index in [1.54, 1.807) is 25.4 Å². The van der Waals surface area contributed by atoms with Gasteiger partial charge in [0.25, 0.3) is 5.91 Å². The molecule has 0 saturated heterocycles. The molecule has 1 amide bonds. The van der Waals surface area contributed by atoms with Gasteiger partial charge < -0.3 is 15.4 Å². The Hall–Kier alpha value is -2.89. The monoisotopic (exact) mass is 381 g/mol. The SMILES string of the molecule is CCOC(=O)C1(NC(=O)c2ccncc2NCC(C)C)Cc2ccccc2C1.